The minimum Gasteiger partial charge on any atom is -0.508 e. The van der Waals surface area contributed by atoms with Gasteiger partial charge in [0.05, 0.1) is 11.6 Å². The van der Waals surface area contributed by atoms with Crippen molar-refractivity contribution in [2.45, 2.75) is 26.4 Å². The van der Waals surface area contributed by atoms with Crippen LogP contribution in [0.1, 0.15) is 31.0 Å². The number of phenols is 1. The fourth-order valence-corrected chi connectivity index (χ4v) is 3.21. The molecule has 140 valence electrons. The number of carbonyl (C=O) groups excluding carboxylic acids is 2. The van der Waals surface area contributed by atoms with Gasteiger partial charge in [0.15, 0.2) is 11.5 Å². The number of Topliss-reactive ketones (excluding diaryl/α,β-unsaturated/α-hetero) is 1. The van der Waals surface area contributed by atoms with E-state index in [9.17, 15) is 24.2 Å². The van der Waals surface area contributed by atoms with Gasteiger partial charge in [-0.15, -0.1) is 0 Å². The van der Waals surface area contributed by atoms with Crippen LogP contribution in [-0.4, -0.2) is 26.8 Å². The Morgan fingerprint density at radius 2 is 1.81 bits per heavy atom. The van der Waals surface area contributed by atoms with Crippen molar-refractivity contribution < 1.29 is 24.2 Å². The van der Waals surface area contributed by atoms with Gasteiger partial charge in [-0.25, -0.2) is 4.39 Å². The number of amides is 1. The third-order valence-electron chi connectivity index (χ3n) is 4.55. The van der Waals surface area contributed by atoms with Crippen molar-refractivity contribution in [1.82, 2.24) is 4.90 Å². The van der Waals surface area contributed by atoms with Gasteiger partial charge in [-0.3, -0.25) is 9.59 Å². The van der Waals surface area contributed by atoms with E-state index in [-0.39, 0.29) is 23.7 Å². The van der Waals surface area contributed by atoms with Crippen molar-refractivity contribution in [2.75, 3.05) is 0 Å². The second-order valence-corrected chi connectivity index (χ2v) is 6.84. The molecule has 27 heavy (non-hydrogen) atoms. The Morgan fingerprint density at radius 1 is 1.15 bits per heavy atom. The number of benzene rings is 2. The monoisotopic (exact) mass is 369 g/mol. The molecule has 1 aliphatic heterocycles. The second kappa shape index (κ2) is 7.23. The number of aromatic hydroxyl groups is 1. The SMILES string of the molecule is CC(C)C(=O)C1=C(O)C(=O)N(Cc2ccc(F)cc2)C1c1cccc(O)c1. The Balaban J connectivity index is 2.07. The van der Waals surface area contributed by atoms with E-state index in [2.05, 4.69) is 0 Å². The van der Waals surface area contributed by atoms with Gasteiger partial charge >= 0.3 is 0 Å². The third-order valence-corrected chi connectivity index (χ3v) is 4.55. The average Bonchev–Trinajstić information content (AvgIpc) is 2.87. The molecule has 1 amide bonds. The smallest absolute Gasteiger partial charge is 0.290 e. The number of rotatable bonds is 5. The Morgan fingerprint density at radius 3 is 2.41 bits per heavy atom. The summed E-state index contributed by atoms with van der Waals surface area (Å²) in [6, 6.07) is 11.1. The van der Waals surface area contributed by atoms with Crippen LogP contribution in [0.3, 0.4) is 0 Å². The molecule has 2 aromatic carbocycles. The van der Waals surface area contributed by atoms with Gasteiger partial charge in [-0.05, 0) is 35.4 Å². The molecule has 1 aliphatic rings. The fraction of sp³-hybridized carbons (Fsp3) is 0.238. The largest absolute Gasteiger partial charge is 0.508 e. The third kappa shape index (κ3) is 3.56. The van der Waals surface area contributed by atoms with Gasteiger partial charge < -0.3 is 15.1 Å². The first-order chi connectivity index (χ1) is 12.8. The number of hydrogen-bond acceptors (Lipinski definition) is 4. The van der Waals surface area contributed by atoms with E-state index in [1.54, 1.807) is 38.1 Å². The molecule has 0 saturated carbocycles. The minimum absolute atomic E-state index is 0.00980. The van der Waals surface area contributed by atoms with E-state index < -0.39 is 29.4 Å². The van der Waals surface area contributed by atoms with Crippen molar-refractivity contribution in [3.8, 4) is 5.75 Å². The van der Waals surface area contributed by atoms with Crippen LogP contribution in [0.4, 0.5) is 4.39 Å². The van der Waals surface area contributed by atoms with Crippen LogP contribution in [0.2, 0.25) is 0 Å². The van der Waals surface area contributed by atoms with Crippen LogP contribution in [0.15, 0.2) is 59.9 Å². The van der Waals surface area contributed by atoms with E-state index in [1.807, 2.05) is 0 Å². The highest BCUT2D eigenvalue weighted by Crippen LogP contribution is 2.40. The van der Waals surface area contributed by atoms with Crippen molar-refractivity contribution in [1.29, 1.82) is 0 Å². The number of aliphatic hydroxyl groups is 1. The van der Waals surface area contributed by atoms with Crippen LogP contribution >= 0.6 is 0 Å². The zero-order valence-electron chi connectivity index (χ0n) is 15.0. The molecule has 0 saturated heterocycles. The standard InChI is InChI=1S/C21H20FNO4/c1-12(2)19(25)17-18(14-4-3-5-16(24)10-14)23(21(27)20(17)26)11-13-6-8-15(22)9-7-13/h3-10,12,18,24,26H,11H2,1-2H3. The molecule has 1 atom stereocenters. The molecule has 1 heterocycles. The van der Waals surface area contributed by atoms with Gasteiger partial charge in [0.2, 0.25) is 0 Å². The molecule has 1 unspecified atom stereocenters. The molecule has 0 radical (unpaired) electrons. The maximum atomic E-state index is 13.2. The lowest BCUT2D eigenvalue weighted by Gasteiger charge is -2.27. The van der Waals surface area contributed by atoms with Crippen LogP contribution in [0.25, 0.3) is 0 Å². The molecule has 5 nitrogen and oxygen atoms in total. The lowest BCUT2D eigenvalue weighted by Crippen LogP contribution is -2.31. The first-order valence-corrected chi connectivity index (χ1v) is 8.61. The minimum atomic E-state index is -0.829. The van der Waals surface area contributed by atoms with Gasteiger partial charge in [-0.1, -0.05) is 38.1 Å². The normalized spacial score (nSPS) is 17.1. The van der Waals surface area contributed by atoms with Gasteiger partial charge in [0.25, 0.3) is 5.91 Å². The summed E-state index contributed by atoms with van der Waals surface area (Å²) in [5.41, 5.74) is 1.18. The van der Waals surface area contributed by atoms with Gasteiger partial charge in [-0.2, -0.15) is 0 Å². The topological polar surface area (TPSA) is 77.8 Å². The molecule has 3 rings (SSSR count). The number of aliphatic hydroxyl groups excluding tert-OH is 1. The lowest BCUT2D eigenvalue weighted by atomic mass is 9.91. The van der Waals surface area contributed by atoms with Crippen molar-refractivity contribution >= 4 is 11.7 Å². The van der Waals surface area contributed by atoms with Crippen LogP contribution < -0.4 is 0 Å². The highest BCUT2D eigenvalue weighted by molar-refractivity contribution is 6.09. The Bertz CT molecular complexity index is 918. The molecule has 2 aromatic rings. The number of nitrogens with zero attached hydrogens (tertiary/aromatic N) is 1. The summed E-state index contributed by atoms with van der Waals surface area (Å²) in [5, 5.41) is 20.3. The highest BCUT2D eigenvalue weighted by Gasteiger charge is 2.43. The Kier molecular flexibility index (Phi) is 4.99. The predicted octanol–water partition coefficient (Wildman–Crippen LogP) is 3.65. The lowest BCUT2D eigenvalue weighted by molar-refractivity contribution is -0.130. The predicted molar refractivity (Wildman–Crippen MR) is 97.3 cm³/mol. The molecule has 0 aliphatic carbocycles. The average molecular weight is 369 g/mol. The molecule has 0 aromatic heterocycles. The molecule has 6 heteroatoms. The fourth-order valence-electron chi connectivity index (χ4n) is 3.21. The van der Waals surface area contributed by atoms with Crippen LogP contribution in [0, 0.1) is 11.7 Å². The summed E-state index contributed by atoms with van der Waals surface area (Å²) in [6.07, 6.45) is 0. The quantitative estimate of drug-likeness (QED) is 0.843. The highest BCUT2D eigenvalue weighted by atomic mass is 19.1. The first-order valence-electron chi connectivity index (χ1n) is 8.61. The van der Waals surface area contributed by atoms with Gasteiger partial charge in [0, 0.05) is 12.5 Å². The molecular formula is C21H20FNO4. The molecular weight excluding hydrogens is 349 g/mol. The summed E-state index contributed by atoms with van der Waals surface area (Å²) in [4.78, 5) is 26.8. The van der Waals surface area contributed by atoms with E-state index >= 15 is 0 Å². The number of halogens is 1. The first kappa shape index (κ1) is 18.6. The van der Waals surface area contributed by atoms with Crippen molar-refractivity contribution in [3.05, 3.63) is 76.8 Å². The second-order valence-electron chi connectivity index (χ2n) is 6.84. The summed E-state index contributed by atoms with van der Waals surface area (Å²) in [5.74, 6) is -2.41. The molecule has 0 spiro atoms. The molecule has 0 bridgehead atoms. The number of hydrogen-bond donors (Lipinski definition) is 2. The summed E-state index contributed by atoms with van der Waals surface area (Å²) >= 11 is 0. The van der Waals surface area contributed by atoms with Crippen molar-refractivity contribution in [2.24, 2.45) is 5.92 Å². The zero-order valence-corrected chi connectivity index (χ0v) is 15.0. The molecule has 2 N–H and O–H groups in total. The maximum Gasteiger partial charge on any atom is 0.290 e. The van der Waals surface area contributed by atoms with E-state index in [1.165, 1.54) is 29.2 Å². The summed E-state index contributed by atoms with van der Waals surface area (Å²) in [6.45, 7) is 3.46. The Hall–Kier alpha value is -3.15. The Labute approximate surface area is 156 Å². The number of phenolic OH excluding ortho intramolecular Hbond substituents is 1. The number of carbonyl (C=O) groups is 2. The zero-order chi connectivity index (χ0) is 19.7. The number of ketones is 1. The van der Waals surface area contributed by atoms with E-state index in [0.717, 1.165) is 0 Å². The molecule has 0 fully saturated rings. The summed E-state index contributed by atoms with van der Waals surface area (Å²) in [7, 11) is 0. The van der Waals surface area contributed by atoms with E-state index in [0.29, 0.717) is 11.1 Å². The van der Waals surface area contributed by atoms with E-state index in [4.69, 9.17) is 0 Å². The summed E-state index contributed by atoms with van der Waals surface area (Å²) < 4.78 is 13.2. The maximum absolute atomic E-state index is 13.2. The van der Waals surface area contributed by atoms with Crippen molar-refractivity contribution in [3.63, 3.8) is 0 Å². The van der Waals surface area contributed by atoms with Gasteiger partial charge in [0.1, 0.15) is 11.6 Å². The van der Waals surface area contributed by atoms with Crippen LogP contribution in [-0.2, 0) is 16.1 Å². The van der Waals surface area contributed by atoms with Crippen LogP contribution in [0.5, 0.6) is 5.75 Å².